The predicted octanol–water partition coefficient (Wildman–Crippen LogP) is 1.75. The van der Waals surface area contributed by atoms with Crippen molar-refractivity contribution >= 4 is 49.8 Å². The minimum atomic E-state index is -0.193. The van der Waals surface area contributed by atoms with Gasteiger partial charge in [0.1, 0.15) is 5.00 Å². The normalized spacial score (nSPS) is 12.7. The van der Waals surface area contributed by atoms with Crippen molar-refractivity contribution in [3.63, 3.8) is 0 Å². The Hall–Kier alpha value is -1.74. The molecule has 1 heterocycles. The van der Waals surface area contributed by atoms with Crippen LogP contribution in [0.3, 0.4) is 0 Å². The zero-order valence-electron chi connectivity index (χ0n) is 14.2. The smallest absolute Gasteiger partial charge is 0.280 e. The van der Waals surface area contributed by atoms with Crippen LogP contribution in [-0.2, 0) is 17.6 Å². The Balaban J connectivity index is 1.77. The topological polar surface area (TPSA) is 95.0 Å². The van der Waals surface area contributed by atoms with Gasteiger partial charge in [-0.2, -0.15) is 0 Å². The van der Waals surface area contributed by atoms with Crippen LogP contribution in [0.4, 0.5) is 10.7 Å². The third-order valence-electron chi connectivity index (χ3n) is 4.17. The second-order valence-corrected chi connectivity index (χ2v) is 8.10. The van der Waals surface area contributed by atoms with Crippen molar-refractivity contribution in [3.8, 4) is 0 Å². The molecule has 0 aliphatic heterocycles. The fourth-order valence-corrected chi connectivity index (χ4v) is 4.53. The molecule has 6 nitrogen and oxygen atoms in total. The predicted molar refractivity (Wildman–Crippen MR) is 106 cm³/mol. The third kappa shape index (κ3) is 4.50. The van der Waals surface area contributed by atoms with E-state index in [4.69, 9.17) is 5.11 Å². The Morgan fingerprint density at radius 1 is 1.19 bits per heavy atom. The number of quaternary nitrogens is 1. The van der Waals surface area contributed by atoms with Crippen LogP contribution in [0.15, 0.2) is 28.7 Å². The molecule has 0 atom stereocenters. The summed E-state index contributed by atoms with van der Waals surface area (Å²) in [5.74, 6) is -0.363. The lowest BCUT2D eigenvalue weighted by Gasteiger charge is -2.09. The molecule has 0 radical (unpaired) electrons. The standard InChI is InChI=1S/C18H20BrN3O3S/c19-11-4-6-12(7-5-11)21-17(25)16-13-2-1-3-14(13)26-18(16)22-15(24)10-20-8-9-23/h4-7,20,23H,1-3,8-10H2,(H,21,25)(H,22,24)/p+1. The second kappa shape index (κ2) is 8.77. The first-order chi connectivity index (χ1) is 12.6. The lowest BCUT2D eigenvalue weighted by Crippen LogP contribution is -2.87. The van der Waals surface area contributed by atoms with Gasteiger partial charge in [-0.25, -0.2) is 0 Å². The maximum atomic E-state index is 12.9. The van der Waals surface area contributed by atoms with Gasteiger partial charge in [0.25, 0.3) is 11.8 Å². The Labute approximate surface area is 164 Å². The van der Waals surface area contributed by atoms with Crippen molar-refractivity contribution in [1.82, 2.24) is 0 Å². The number of hydrogen-bond donors (Lipinski definition) is 4. The molecule has 26 heavy (non-hydrogen) atoms. The van der Waals surface area contributed by atoms with Gasteiger partial charge in [0.05, 0.1) is 18.7 Å². The third-order valence-corrected chi connectivity index (χ3v) is 5.90. The van der Waals surface area contributed by atoms with Crippen LogP contribution in [0.1, 0.15) is 27.2 Å². The molecule has 5 N–H and O–H groups in total. The number of aryl methyl sites for hydroxylation is 1. The molecule has 1 aliphatic rings. The van der Waals surface area contributed by atoms with Crippen LogP contribution < -0.4 is 16.0 Å². The van der Waals surface area contributed by atoms with E-state index in [1.807, 2.05) is 24.3 Å². The van der Waals surface area contributed by atoms with Crippen LogP contribution in [-0.4, -0.2) is 36.6 Å². The van der Waals surface area contributed by atoms with Crippen molar-refractivity contribution < 1.29 is 20.0 Å². The van der Waals surface area contributed by atoms with Crippen molar-refractivity contribution in [2.75, 3.05) is 30.3 Å². The summed E-state index contributed by atoms with van der Waals surface area (Å²) in [5.41, 5.74) is 2.35. The summed E-state index contributed by atoms with van der Waals surface area (Å²) in [4.78, 5) is 26.2. The molecular formula is C18H21BrN3O3S+. The van der Waals surface area contributed by atoms with Crippen LogP contribution >= 0.6 is 27.3 Å². The van der Waals surface area contributed by atoms with E-state index in [1.54, 1.807) is 5.32 Å². The van der Waals surface area contributed by atoms with Gasteiger partial charge in [-0.15, -0.1) is 11.3 Å². The molecular weight excluding hydrogens is 418 g/mol. The summed E-state index contributed by atoms with van der Waals surface area (Å²) >= 11 is 4.87. The summed E-state index contributed by atoms with van der Waals surface area (Å²) in [5, 5.41) is 17.0. The summed E-state index contributed by atoms with van der Waals surface area (Å²) in [6.07, 6.45) is 2.85. The van der Waals surface area contributed by atoms with Crippen LogP contribution in [0, 0.1) is 0 Å². The molecule has 3 rings (SSSR count). The van der Waals surface area contributed by atoms with E-state index >= 15 is 0 Å². The van der Waals surface area contributed by atoms with Crippen LogP contribution in [0.25, 0.3) is 0 Å². The van der Waals surface area contributed by atoms with E-state index in [-0.39, 0.29) is 25.0 Å². The second-order valence-electron chi connectivity index (χ2n) is 6.08. The minimum absolute atomic E-state index is 0.0292. The van der Waals surface area contributed by atoms with E-state index in [2.05, 4.69) is 26.6 Å². The maximum absolute atomic E-state index is 12.9. The van der Waals surface area contributed by atoms with Crippen molar-refractivity contribution in [1.29, 1.82) is 0 Å². The quantitative estimate of drug-likeness (QED) is 0.495. The largest absolute Gasteiger partial charge is 0.391 e. The maximum Gasteiger partial charge on any atom is 0.280 e. The number of amides is 2. The zero-order chi connectivity index (χ0) is 18.5. The Morgan fingerprint density at radius 2 is 1.96 bits per heavy atom. The van der Waals surface area contributed by atoms with E-state index in [0.29, 0.717) is 22.8 Å². The van der Waals surface area contributed by atoms with Crippen molar-refractivity contribution in [2.24, 2.45) is 0 Å². The molecule has 138 valence electrons. The average Bonchev–Trinajstić information content (AvgIpc) is 3.17. The lowest BCUT2D eigenvalue weighted by molar-refractivity contribution is -0.644. The molecule has 8 heteroatoms. The molecule has 2 aromatic rings. The Morgan fingerprint density at radius 3 is 2.69 bits per heavy atom. The summed E-state index contributed by atoms with van der Waals surface area (Å²) in [6.45, 7) is 0.726. The number of halogens is 1. The molecule has 0 unspecified atom stereocenters. The molecule has 0 saturated carbocycles. The molecule has 1 aromatic heterocycles. The van der Waals surface area contributed by atoms with Crippen LogP contribution in [0.2, 0.25) is 0 Å². The monoisotopic (exact) mass is 438 g/mol. The number of nitrogens with one attached hydrogen (secondary N) is 2. The number of anilines is 2. The fraction of sp³-hybridized carbons (Fsp3) is 0.333. The van der Waals surface area contributed by atoms with E-state index in [0.717, 1.165) is 29.3 Å². The number of carbonyl (C=O) groups is 2. The number of aliphatic hydroxyl groups is 1. The summed E-state index contributed by atoms with van der Waals surface area (Å²) in [7, 11) is 0. The number of nitrogens with two attached hydrogens (primary N) is 1. The number of benzene rings is 1. The number of thiophene rings is 1. The summed E-state index contributed by atoms with van der Waals surface area (Å²) < 4.78 is 0.944. The van der Waals surface area contributed by atoms with Gasteiger partial charge >= 0.3 is 0 Å². The highest BCUT2D eigenvalue weighted by Gasteiger charge is 2.27. The first-order valence-corrected chi connectivity index (χ1v) is 10.1. The average molecular weight is 439 g/mol. The number of carbonyl (C=O) groups excluding carboxylic acids is 2. The van der Waals surface area contributed by atoms with Gasteiger partial charge in [0.15, 0.2) is 6.54 Å². The van der Waals surface area contributed by atoms with Gasteiger partial charge < -0.3 is 21.1 Å². The Bertz CT molecular complexity index is 805. The molecule has 0 fully saturated rings. The van der Waals surface area contributed by atoms with Crippen molar-refractivity contribution in [2.45, 2.75) is 19.3 Å². The highest BCUT2D eigenvalue weighted by molar-refractivity contribution is 9.10. The molecule has 1 aliphatic carbocycles. The van der Waals surface area contributed by atoms with Crippen LogP contribution in [0.5, 0.6) is 0 Å². The molecule has 0 bridgehead atoms. The Kier molecular flexibility index (Phi) is 6.42. The van der Waals surface area contributed by atoms with Gasteiger partial charge in [0, 0.05) is 15.0 Å². The fourth-order valence-electron chi connectivity index (χ4n) is 2.96. The van der Waals surface area contributed by atoms with Gasteiger partial charge in [-0.05, 0) is 49.1 Å². The molecule has 1 aromatic carbocycles. The van der Waals surface area contributed by atoms with E-state index < -0.39 is 0 Å². The van der Waals surface area contributed by atoms with E-state index in [1.165, 1.54) is 16.2 Å². The lowest BCUT2D eigenvalue weighted by atomic mass is 10.1. The summed E-state index contributed by atoms with van der Waals surface area (Å²) in [6, 6.07) is 7.40. The van der Waals surface area contributed by atoms with E-state index in [9.17, 15) is 9.59 Å². The molecule has 2 amide bonds. The first kappa shape index (κ1) is 19.0. The highest BCUT2D eigenvalue weighted by Crippen LogP contribution is 2.39. The molecule has 0 saturated heterocycles. The van der Waals surface area contributed by atoms with Gasteiger partial charge in [-0.3, -0.25) is 9.59 Å². The number of fused-ring (bicyclic) bond motifs is 1. The highest BCUT2D eigenvalue weighted by atomic mass is 79.9. The number of rotatable bonds is 7. The zero-order valence-corrected chi connectivity index (χ0v) is 16.6. The molecule has 0 spiro atoms. The minimum Gasteiger partial charge on any atom is -0.391 e. The number of aliphatic hydroxyl groups excluding tert-OH is 1. The van der Waals surface area contributed by atoms with Crippen molar-refractivity contribution in [3.05, 3.63) is 44.7 Å². The first-order valence-electron chi connectivity index (χ1n) is 8.52. The van der Waals surface area contributed by atoms with Gasteiger partial charge in [0.2, 0.25) is 0 Å². The SMILES string of the molecule is O=C(C[NH2+]CCO)Nc1sc2c(c1C(=O)Nc1ccc(Br)cc1)CCC2. The van der Waals surface area contributed by atoms with Gasteiger partial charge in [-0.1, -0.05) is 15.9 Å². The number of hydrogen-bond acceptors (Lipinski definition) is 4.